The Hall–Kier alpha value is -1.49. The summed E-state index contributed by atoms with van der Waals surface area (Å²) >= 11 is 0. The standard InChI is InChI=1S/C15H21NO/c1-2-3-8-14(13-16)9-7-12-17-15-10-5-4-6-11-15/h4-6,10-11,14H,2-3,7-9,12H2,1H3. The fourth-order valence-corrected chi connectivity index (χ4v) is 1.76. The molecule has 92 valence electrons. The maximum Gasteiger partial charge on any atom is 0.119 e. The summed E-state index contributed by atoms with van der Waals surface area (Å²) in [5.74, 6) is 1.11. The zero-order chi connectivity index (χ0) is 12.3. The molecule has 0 saturated carbocycles. The number of rotatable bonds is 8. The average molecular weight is 231 g/mol. The first kappa shape index (κ1) is 13.6. The summed E-state index contributed by atoms with van der Waals surface area (Å²) in [7, 11) is 0. The van der Waals surface area contributed by atoms with Gasteiger partial charge < -0.3 is 4.74 Å². The lowest BCUT2D eigenvalue weighted by atomic mass is 9.99. The molecule has 0 amide bonds. The van der Waals surface area contributed by atoms with E-state index in [9.17, 15) is 0 Å². The highest BCUT2D eigenvalue weighted by Gasteiger charge is 2.06. The molecule has 0 spiro atoms. The lowest BCUT2D eigenvalue weighted by Crippen LogP contribution is -2.02. The first-order valence-electron chi connectivity index (χ1n) is 6.44. The Morgan fingerprint density at radius 3 is 2.53 bits per heavy atom. The molecule has 0 aliphatic carbocycles. The fraction of sp³-hybridized carbons (Fsp3) is 0.533. The number of hydrogen-bond donors (Lipinski definition) is 0. The van der Waals surface area contributed by atoms with Crippen molar-refractivity contribution < 1.29 is 4.74 Å². The molecule has 0 aliphatic rings. The lowest BCUT2D eigenvalue weighted by molar-refractivity contribution is 0.297. The van der Waals surface area contributed by atoms with Gasteiger partial charge in [0.25, 0.3) is 0 Å². The second kappa shape index (κ2) is 8.64. The number of ether oxygens (including phenoxy) is 1. The Labute approximate surface area is 104 Å². The zero-order valence-electron chi connectivity index (χ0n) is 10.6. The molecule has 1 unspecified atom stereocenters. The summed E-state index contributed by atoms with van der Waals surface area (Å²) in [5, 5.41) is 8.98. The predicted molar refractivity (Wildman–Crippen MR) is 69.8 cm³/mol. The second-order valence-electron chi connectivity index (χ2n) is 4.27. The van der Waals surface area contributed by atoms with Crippen LogP contribution in [0.1, 0.15) is 39.0 Å². The Balaban J connectivity index is 2.13. The molecule has 17 heavy (non-hydrogen) atoms. The normalized spacial score (nSPS) is 11.8. The molecule has 0 N–H and O–H groups in total. The number of benzene rings is 1. The van der Waals surface area contributed by atoms with Crippen LogP contribution < -0.4 is 4.74 Å². The van der Waals surface area contributed by atoms with E-state index in [-0.39, 0.29) is 5.92 Å². The van der Waals surface area contributed by atoms with Crippen molar-refractivity contribution >= 4 is 0 Å². The van der Waals surface area contributed by atoms with Gasteiger partial charge in [0, 0.05) is 5.92 Å². The van der Waals surface area contributed by atoms with E-state index in [1.807, 2.05) is 30.3 Å². The second-order valence-corrected chi connectivity index (χ2v) is 4.27. The first-order valence-corrected chi connectivity index (χ1v) is 6.44. The third kappa shape index (κ3) is 5.97. The van der Waals surface area contributed by atoms with Gasteiger partial charge in [-0.05, 0) is 31.4 Å². The summed E-state index contributed by atoms with van der Waals surface area (Å²) in [5.41, 5.74) is 0. The summed E-state index contributed by atoms with van der Waals surface area (Å²) in [6, 6.07) is 12.2. The Bertz CT molecular complexity index is 329. The van der Waals surface area contributed by atoms with E-state index in [4.69, 9.17) is 10.00 Å². The molecule has 0 saturated heterocycles. The Kier molecular flexibility index (Phi) is 6.90. The highest BCUT2D eigenvalue weighted by molar-refractivity contribution is 5.20. The summed E-state index contributed by atoms with van der Waals surface area (Å²) in [6.07, 6.45) is 5.25. The molecule has 1 aromatic carbocycles. The van der Waals surface area contributed by atoms with Crippen molar-refractivity contribution in [1.82, 2.24) is 0 Å². The van der Waals surface area contributed by atoms with Crippen molar-refractivity contribution in [1.29, 1.82) is 5.26 Å². The maximum absolute atomic E-state index is 8.98. The molecule has 1 aromatic rings. The topological polar surface area (TPSA) is 33.0 Å². The summed E-state index contributed by atoms with van der Waals surface area (Å²) < 4.78 is 5.60. The van der Waals surface area contributed by atoms with Gasteiger partial charge in [0.2, 0.25) is 0 Å². The van der Waals surface area contributed by atoms with Gasteiger partial charge in [0.1, 0.15) is 5.75 Å². The van der Waals surface area contributed by atoms with Crippen molar-refractivity contribution in [3.8, 4) is 11.8 Å². The van der Waals surface area contributed by atoms with Crippen LogP contribution in [0.4, 0.5) is 0 Å². The number of hydrogen-bond acceptors (Lipinski definition) is 2. The summed E-state index contributed by atoms with van der Waals surface area (Å²) in [6.45, 7) is 2.86. The lowest BCUT2D eigenvalue weighted by Gasteiger charge is -2.09. The molecule has 0 bridgehead atoms. The van der Waals surface area contributed by atoms with E-state index in [1.54, 1.807) is 0 Å². The molecule has 0 aliphatic heterocycles. The minimum absolute atomic E-state index is 0.203. The van der Waals surface area contributed by atoms with Crippen LogP contribution in [0.3, 0.4) is 0 Å². The monoisotopic (exact) mass is 231 g/mol. The van der Waals surface area contributed by atoms with E-state index >= 15 is 0 Å². The largest absolute Gasteiger partial charge is 0.494 e. The fourth-order valence-electron chi connectivity index (χ4n) is 1.76. The van der Waals surface area contributed by atoms with Crippen LogP contribution in [0.5, 0.6) is 5.75 Å². The molecule has 0 radical (unpaired) electrons. The predicted octanol–water partition coefficient (Wildman–Crippen LogP) is 4.18. The number of nitrogens with zero attached hydrogens (tertiary/aromatic N) is 1. The third-order valence-electron chi connectivity index (χ3n) is 2.80. The van der Waals surface area contributed by atoms with Crippen molar-refractivity contribution in [2.75, 3.05) is 6.61 Å². The highest BCUT2D eigenvalue weighted by Crippen LogP contribution is 2.15. The SMILES string of the molecule is CCCCC(C#N)CCCOc1ccccc1. The van der Waals surface area contributed by atoms with Crippen LogP contribution >= 0.6 is 0 Å². The minimum Gasteiger partial charge on any atom is -0.494 e. The molecule has 1 rings (SSSR count). The van der Waals surface area contributed by atoms with E-state index in [0.29, 0.717) is 6.61 Å². The molecule has 0 aromatic heterocycles. The van der Waals surface area contributed by atoms with Crippen molar-refractivity contribution in [2.24, 2.45) is 5.92 Å². The Morgan fingerprint density at radius 2 is 1.88 bits per heavy atom. The van der Waals surface area contributed by atoms with Crippen LogP contribution in [0.25, 0.3) is 0 Å². The van der Waals surface area contributed by atoms with Crippen LogP contribution in [-0.2, 0) is 0 Å². The molecular weight excluding hydrogens is 210 g/mol. The van der Waals surface area contributed by atoms with E-state index < -0.39 is 0 Å². The van der Waals surface area contributed by atoms with E-state index in [0.717, 1.165) is 31.4 Å². The van der Waals surface area contributed by atoms with Gasteiger partial charge in [0.05, 0.1) is 12.7 Å². The van der Waals surface area contributed by atoms with Gasteiger partial charge in [-0.1, -0.05) is 38.0 Å². The maximum atomic E-state index is 8.98. The molecular formula is C15H21NO. The third-order valence-corrected chi connectivity index (χ3v) is 2.80. The van der Waals surface area contributed by atoms with Gasteiger partial charge in [-0.2, -0.15) is 5.26 Å². The smallest absolute Gasteiger partial charge is 0.119 e. The minimum atomic E-state index is 0.203. The number of nitriles is 1. The van der Waals surface area contributed by atoms with Crippen LogP contribution in [0.2, 0.25) is 0 Å². The zero-order valence-corrected chi connectivity index (χ0v) is 10.6. The average Bonchev–Trinajstić information content (AvgIpc) is 2.39. The molecule has 1 atom stereocenters. The van der Waals surface area contributed by atoms with Crippen molar-refractivity contribution in [2.45, 2.75) is 39.0 Å². The van der Waals surface area contributed by atoms with Crippen LogP contribution in [0.15, 0.2) is 30.3 Å². The van der Waals surface area contributed by atoms with Gasteiger partial charge in [0.15, 0.2) is 0 Å². The van der Waals surface area contributed by atoms with Gasteiger partial charge >= 0.3 is 0 Å². The van der Waals surface area contributed by atoms with Gasteiger partial charge in [-0.3, -0.25) is 0 Å². The van der Waals surface area contributed by atoms with Crippen molar-refractivity contribution in [3.63, 3.8) is 0 Å². The van der Waals surface area contributed by atoms with Crippen LogP contribution in [0, 0.1) is 17.2 Å². The van der Waals surface area contributed by atoms with E-state index in [1.165, 1.54) is 6.42 Å². The Morgan fingerprint density at radius 1 is 1.18 bits per heavy atom. The quantitative estimate of drug-likeness (QED) is 0.629. The molecule has 0 heterocycles. The molecule has 0 fully saturated rings. The van der Waals surface area contributed by atoms with Gasteiger partial charge in [-0.15, -0.1) is 0 Å². The first-order chi connectivity index (χ1) is 8.36. The molecule has 2 heteroatoms. The number of unbranched alkanes of at least 4 members (excludes halogenated alkanes) is 1. The van der Waals surface area contributed by atoms with E-state index in [2.05, 4.69) is 13.0 Å². The summed E-state index contributed by atoms with van der Waals surface area (Å²) in [4.78, 5) is 0. The van der Waals surface area contributed by atoms with Gasteiger partial charge in [-0.25, -0.2) is 0 Å². The molecule has 2 nitrogen and oxygen atoms in total. The van der Waals surface area contributed by atoms with Crippen molar-refractivity contribution in [3.05, 3.63) is 30.3 Å². The van der Waals surface area contributed by atoms with Crippen LogP contribution in [-0.4, -0.2) is 6.61 Å². The number of para-hydroxylation sites is 1. The highest BCUT2D eigenvalue weighted by atomic mass is 16.5.